The maximum atomic E-state index is 5.89. The van der Waals surface area contributed by atoms with Crippen molar-refractivity contribution in [3.63, 3.8) is 0 Å². The van der Waals surface area contributed by atoms with Crippen LogP contribution in [0.1, 0.15) is 29.2 Å². The van der Waals surface area contributed by atoms with Crippen LogP contribution in [0.25, 0.3) is 0 Å². The summed E-state index contributed by atoms with van der Waals surface area (Å²) in [5.74, 6) is 1.05. The van der Waals surface area contributed by atoms with Gasteiger partial charge in [0.05, 0.1) is 17.8 Å². The van der Waals surface area contributed by atoms with E-state index in [1.165, 1.54) is 30.8 Å². The standard InChI is InChI=1S/C15H17N5O/c1-21-19-8-12-14(16)17-9-18-15(12)20-13-7-6-10-4-2-3-5-11(10)13/h2-5,8-9,13H,6-7H2,1H3,(H3,16,17,18,20)/b19-8+/t13-/m1/s1. The first-order chi connectivity index (χ1) is 10.3. The normalized spacial score (nSPS) is 16.9. The summed E-state index contributed by atoms with van der Waals surface area (Å²) in [6, 6.07) is 8.66. The van der Waals surface area contributed by atoms with Crippen molar-refractivity contribution in [1.82, 2.24) is 9.97 Å². The Balaban J connectivity index is 1.89. The highest BCUT2D eigenvalue weighted by Gasteiger charge is 2.23. The highest BCUT2D eigenvalue weighted by atomic mass is 16.6. The SMILES string of the molecule is CO/N=C/c1c(N)ncnc1N[C@@H]1CCc2ccccc21. The molecular weight excluding hydrogens is 266 g/mol. The second kappa shape index (κ2) is 5.78. The predicted octanol–water partition coefficient (Wildman–Crippen LogP) is 2.14. The zero-order valence-corrected chi connectivity index (χ0v) is 11.8. The Bertz CT molecular complexity index is 671. The van der Waals surface area contributed by atoms with E-state index in [1.807, 2.05) is 0 Å². The Morgan fingerprint density at radius 2 is 2.24 bits per heavy atom. The molecule has 0 amide bonds. The monoisotopic (exact) mass is 283 g/mol. The highest BCUT2D eigenvalue weighted by Crippen LogP contribution is 2.34. The van der Waals surface area contributed by atoms with Crippen LogP contribution in [0.15, 0.2) is 35.7 Å². The van der Waals surface area contributed by atoms with Crippen molar-refractivity contribution in [2.45, 2.75) is 18.9 Å². The second-order valence-corrected chi connectivity index (χ2v) is 4.87. The van der Waals surface area contributed by atoms with E-state index in [0.29, 0.717) is 17.2 Å². The van der Waals surface area contributed by atoms with Crippen LogP contribution in [0.4, 0.5) is 11.6 Å². The summed E-state index contributed by atoms with van der Waals surface area (Å²) >= 11 is 0. The van der Waals surface area contributed by atoms with Gasteiger partial charge in [-0.2, -0.15) is 0 Å². The highest BCUT2D eigenvalue weighted by molar-refractivity contribution is 5.91. The summed E-state index contributed by atoms with van der Waals surface area (Å²) in [6.45, 7) is 0. The molecule has 2 aromatic rings. The third-order valence-electron chi connectivity index (χ3n) is 3.65. The van der Waals surface area contributed by atoms with E-state index in [-0.39, 0.29) is 6.04 Å². The maximum Gasteiger partial charge on any atom is 0.141 e. The third-order valence-corrected chi connectivity index (χ3v) is 3.65. The molecule has 0 saturated heterocycles. The molecule has 6 heteroatoms. The van der Waals surface area contributed by atoms with Crippen LogP contribution in [0, 0.1) is 0 Å². The molecular formula is C15H17N5O. The van der Waals surface area contributed by atoms with Crippen LogP contribution in [0.5, 0.6) is 0 Å². The number of nitrogens with two attached hydrogens (primary N) is 1. The van der Waals surface area contributed by atoms with Crippen molar-refractivity contribution in [2.24, 2.45) is 5.16 Å². The molecule has 1 aliphatic rings. The molecule has 108 valence electrons. The quantitative estimate of drug-likeness (QED) is 0.663. The van der Waals surface area contributed by atoms with Gasteiger partial charge in [0.15, 0.2) is 0 Å². The molecule has 0 saturated carbocycles. The van der Waals surface area contributed by atoms with Gasteiger partial charge in [-0.15, -0.1) is 0 Å². The first-order valence-corrected chi connectivity index (χ1v) is 6.81. The van der Waals surface area contributed by atoms with Crippen molar-refractivity contribution in [3.8, 4) is 0 Å². The van der Waals surface area contributed by atoms with Crippen LogP contribution in [0.3, 0.4) is 0 Å². The van der Waals surface area contributed by atoms with Gasteiger partial charge in [0.2, 0.25) is 0 Å². The molecule has 21 heavy (non-hydrogen) atoms. The number of aryl methyl sites for hydroxylation is 1. The molecule has 6 nitrogen and oxygen atoms in total. The molecule has 1 heterocycles. The molecule has 0 spiro atoms. The van der Waals surface area contributed by atoms with Gasteiger partial charge in [0.1, 0.15) is 25.1 Å². The molecule has 0 fully saturated rings. The molecule has 1 aliphatic carbocycles. The number of fused-ring (bicyclic) bond motifs is 1. The number of hydrogen-bond acceptors (Lipinski definition) is 6. The smallest absolute Gasteiger partial charge is 0.141 e. The topological polar surface area (TPSA) is 85.4 Å². The van der Waals surface area contributed by atoms with Gasteiger partial charge in [0.25, 0.3) is 0 Å². The summed E-state index contributed by atoms with van der Waals surface area (Å²) in [4.78, 5) is 13.0. The van der Waals surface area contributed by atoms with Crippen LogP contribution in [0.2, 0.25) is 0 Å². The Morgan fingerprint density at radius 1 is 1.38 bits per heavy atom. The van der Waals surface area contributed by atoms with E-state index in [4.69, 9.17) is 10.6 Å². The van der Waals surface area contributed by atoms with Gasteiger partial charge in [0, 0.05) is 0 Å². The van der Waals surface area contributed by atoms with Gasteiger partial charge in [-0.1, -0.05) is 29.4 Å². The number of hydrogen-bond donors (Lipinski definition) is 2. The Morgan fingerprint density at radius 3 is 3.10 bits per heavy atom. The fourth-order valence-corrected chi connectivity index (χ4v) is 2.63. The minimum atomic E-state index is 0.227. The van der Waals surface area contributed by atoms with Crippen LogP contribution < -0.4 is 11.1 Å². The molecule has 1 aromatic heterocycles. The molecule has 3 rings (SSSR count). The third kappa shape index (κ3) is 2.65. The Kier molecular flexibility index (Phi) is 3.68. The number of aromatic nitrogens is 2. The summed E-state index contributed by atoms with van der Waals surface area (Å²) in [6.07, 6.45) is 5.07. The van der Waals surface area contributed by atoms with Gasteiger partial charge in [-0.3, -0.25) is 0 Å². The number of nitrogens with zero attached hydrogens (tertiary/aromatic N) is 3. The lowest BCUT2D eigenvalue weighted by molar-refractivity contribution is 0.215. The number of rotatable bonds is 4. The van der Waals surface area contributed by atoms with Crippen molar-refractivity contribution in [2.75, 3.05) is 18.2 Å². The van der Waals surface area contributed by atoms with Crippen molar-refractivity contribution in [3.05, 3.63) is 47.3 Å². The average molecular weight is 283 g/mol. The maximum absolute atomic E-state index is 5.89. The lowest BCUT2D eigenvalue weighted by atomic mass is 10.1. The fourth-order valence-electron chi connectivity index (χ4n) is 2.63. The van der Waals surface area contributed by atoms with E-state index in [0.717, 1.165) is 12.8 Å². The van der Waals surface area contributed by atoms with E-state index in [9.17, 15) is 0 Å². The first-order valence-electron chi connectivity index (χ1n) is 6.81. The lowest BCUT2D eigenvalue weighted by Crippen LogP contribution is -2.12. The molecule has 3 N–H and O–H groups in total. The average Bonchev–Trinajstić information content (AvgIpc) is 2.90. The van der Waals surface area contributed by atoms with Gasteiger partial charge < -0.3 is 15.9 Å². The predicted molar refractivity (Wildman–Crippen MR) is 82.2 cm³/mol. The summed E-state index contributed by atoms with van der Waals surface area (Å²) in [7, 11) is 1.48. The van der Waals surface area contributed by atoms with Gasteiger partial charge >= 0.3 is 0 Å². The number of benzene rings is 1. The van der Waals surface area contributed by atoms with Gasteiger partial charge in [-0.05, 0) is 24.0 Å². The van der Waals surface area contributed by atoms with E-state index in [2.05, 4.69) is 44.7 Å². The van der Waals surface area contributed by atoms with Crippen LogP contribution >= 0.6 is 0 Å². The molecule has 0 unspecified atom stereocenters. The van der Waals surface area contributed by atoms with Crippen molar-refractivity contribution < 1.29 is 4.84 Å². The molecule has 1 aromatic carbocycles. The number of oxime groups is 1. The molecule has 0 bridgehead atoms. The summed E-state index contributed by atoms with van der Waals surface area (Å²) in [5, 5.41) is 7.19. The van der Waals surface area contributed by atoms with Gasteiger partial charge in [-0.25, -0.2) is 9.97 Å². The number of nitrogens with one attached hydrogen (secondary N) is 1. The molecule has 0 radical (unpaired) electrons. The molecule has 0 aliphatic heterocycles. The number of anilines is 2. The minimum absolute atomic E-state index is 0.227. The van der Waals surface area contributed by atoms with Crippen LogP contribution in [-0.2, 0) is 11.3 Å². The lowest BCUT2D eigenvalue weighted by Gasteiger charge is -2.16. The zero-order valence-electron chi connectivity index (χ0n) is 11.8. The number of nitrogen functional groups attached to an aromatic ring is 1. The second-order valence-electron chi connectivity index (χ2n) is 4.87. The van der Waals surface area contributed by atoms with Crippen molar-refractivity contribution >= 4 is 17.9 Å². The van der Waals surface area contributed by atoms with Crippen LogP contribution in [-0.4, -0.2) is 23.3 Å². The van der Waals surface area contributed by atoms with E-state index >= 15 is 0 Å². The molecule has 1 atom stereocenters. The first kappa shape index (κ1) is 13.4. The minimum Gasteiger partial charge on any atom is -0.399 e. The summed E-state index contributed by atoms with van der Waals surface area (Å²) in [5.41, 5.74) is 9.22. The Labute approximate surface area is 123 Å². The summed E-state index contributed by atoms with van der Waals surface area (Å²) < 4.78 is 0. The zero-order chi connectivity index (χ0) is 14.7. The van der Waals surface area contributed by atoms with E-state index in [1.54, 1.807) is 0 Å². The fraction of sp³-hybridized carbons (Fsp3) is 0.267. The van der Waals surface area contributed by atoms with E-state index < -0.39 is 0 Å². The van der Waals surface area contributed by atoms with Crippen molar-refractivity contribution in [1.29, 1.82) is 0 Å². The Hall–Kier alpha value is -2.63. The largest absolute Gasteiger partial charge is 0.399 e.